The van der Waals surface area contributed by atoms with Crippen molar-refractivity contribution >= 4 is 29.1 Å². The standard InChI is InChI=1S/C21H28ClN3O2/c22-18-3-1-2-4-19(18)23-20(26)14-24-7-9-25(10-8-24)21(27)13-17-12-15-5-6-16(17)11-15/h1-4,15-17H,5-14H2,(H,23,26)/t15-,16+,17+/m0/s1. The molecule has 5 nitrogen and oxygen atoms in total. The van der Waals surface area contributed by atoms with Crippen molar-refractivity contribution in [1.82, 2.24) is 9.80 Å². The Kier molecular flexibility index (Phi) is 5.69. The molecule has 0 radical (unpaired) electrons. The first kappa shape index (κ1) is 18.8. The minimum atomic E-state index is -0.0649. The van der Waals surface area contributed by atoms with E-state index < -0.39 is 0 Å². The number of rotatable bonds is 5. The molecule has 146 valence electrons. The van der Waals surface area contributed by atoms with Gasteiger partial charge < -0.3 is 10.2 Å². The van der Waals surface area contributed by atoms with Gasteiger partial charge in [0.1, 0.15) is 0 Å². The quantitative estimate of drug-likeness (QED) is 0.841. The first-order valence-electron chi connectivity index (χ1n) is 10.1. The summed E-state index contributed by atoms with van der Waals surface area (Å²) in [5.74, 6) is 2.56. The Bertz CT molecular complexity index is 702. The average molecular weight is 390 g/mol. The molecule has 2 bridgehead atoms. The first-order valence-corrected chi connectivity index (χ1v) is 10.5. The van der Waals surface area contributed by atoms with Crippen LogP contribution in [0.2, 0.25) is 5.02 Å². The molecule has 2 amide bonds. The molecule has 1 aromatic rings. The smallest absolute Gasteiger partial charge is 0.238 e. The molecule has 3 atom stereocenters. The van der Waals surface area contributed by atoms with Crippen molar-refractivity contribution < 1.29 is 9.59 Å². The molecule has 0 unspecified atom stereocenters. The summed E-state index contributed by atoms with van der Waals surface area (Å²) in [4.78, 5) is 29.0. The van der Waals surface area contributed by atoms with Gasteiger partial charge in [-0.3, -0.25) is 14.5 Å². The monoisotopic (exact) mass is 389 g/mol. The predicted octanol–water partition coefficient (Wildman–Crippen LogP) is 3.25. The SMILES string of the molecule is O=C(CN1CCN(C(=O)C[C@H]2C[C@H]3CC[C@@H]2C3)CC1)Nc1ccccc1Cl. The Hall–Kier alpha value is -1.59. The highest BCUT2D eigenvalue weighted by Crippen LogP contribution is 2.49. The maximum absolute atomic E-state index is 12.7. The third kappa shape index (κ3) is 4.46. The van der Waals surface area contributed by atoms with Gasteiger partial charge in [-0.25, -0.2) is 0 Å². The lowest BCUT2D eigenvalue weighted by Crippen LogP contribution is -2.50. The fourth-order valence-electron chi connectivity index (χ4n) is 5.09. The Morgan fingerprint density at radius 1 is 1.07 bits per heavy atom. The second-order valence-electron chi connectivity index (χ2n) is 8.32. The van der Waals surface area contributed by atoms with Gasteiger partial charge in [-0.15, -0.1) is 0 Å². The number of carbonyl (C=O) groups is 2. The molecule has 3 fully saturated rings. The van der Waals surface area contributed by atoms with Gasteiger partial charge in [-0.1, -0.05) is 30.2 Å². The van der Waals surface area contributed by atoms with Gasteiger partial charge in [0.25, 0.3) is 0 Å². The molecule has 1 heterocycles. The second-order valence-corrected chi connectivity index (χ2v) is 8.73. The molecule has 0 aromatic heterocycles. The number of nitrogens with zero attached hydrogens (tertiary/aromatic N) is 2. The summed E-state index contributed by atoms with van der Waals surface area (Å²) in [5, 5.41) is 3.41. The predicted molar refractivity (Wildman–Crippen MR) is 107 cm³/mol. The normalized spacial score (nSPS) is 27.7. The van der Waals surface area contributed by atoms with Gasteiger partial charge in [0.05, 0.1) is 17.3 Å². The summed E-state index contributed by atoms with van der Waals surface area (Å²) < 4.78 is 0. The van der Waals surface area contributed by atoms with E-state index in [0.29, 0.717) is 29.1 Å². The maximum atomic E-state index is 12.7. The van der Waals surface area contributed by atoms with Crippen LogP contribution in [0, 0.1) is 17.8 Å². The van der Waals surface area contributed by atoms with Crippen molar-refractivity contribution in [3.8, 4) is 0 Å². The highest BCUT2D eigenvalue weighted by Gasteiger charge is 2.40. The van der Waals surface area contributed by atoms with E-state index in [-0.39, 0.29) is 5.91 Å². The number of halogens is 1. The van der Waals surface area contributed by atoms with E-state index in [9.17, 15) is 9.59 Å². The van der Waals surface area contributed by atoms with Crippen molar-refractivity contribution in [2.45, 2.75) is 32.1 Å². The van der Waals surface area contributed by atoms with Gasteiger partial charge in [0.2, 0.25) is 11.8 Å². The largest absolute Gasteiger partial charge is 0.340 e. The zero-order valence-corrected chi connectivity index (χ0v) is 16.5. The van der Waals surface area contributed by atoms with Gasteiger partial charge in [-0.2, -0.15) is 0 Å². The van der Waals surface area contributed by atoms with Gasteiger partial charge >= 0.3 is 0 Å². The van der Waals surface area contributed by atoms with Crippen LogP contribution >= 0.6 is 11.6 Å². The van der Waals surface area contributed by atoms with Crippen molar-refractivity contribution in [2.75, 3.05) is 38.0 Å². The molecule has 1 N–H and O–H groups in total. The van der Waals surface area contributed by atoms with E-state index >= 15 is 0 Å². The van der Waals surface area contributed by atoms with E-state index in [1.165, 1.54) is 25.7 Å². The zero-order chi connectivity index (χ0) is 18.8. The average Bonchev–Trinajstić information content (AvgIpc) is 3.27. The van der Waals surface area contributed by atoms with E-state index in [2.05, 4.69) is 10.2 Å². The molecule has 4 rings (SSSR count). The first-order chi connectivity index (χ1) is 13.1. The Balaban J connectivity index is 1.20. The number of hydrogen-bond acceptors (Lipinski definition) is 3. The van der Waals surface area contributed by atoms with Crippen LogP contribution in [0.1, 0.15) is 32.1 Å². The summed E-state index contributed by atoms with van der Waals surface area (Å²) >= 11 is 6.09. The Morgan fingerprint density at radius 2 is 1.85 bits per heavy atom. The fourth-order valence-corrected chi connectivity index (χ4v) is 5.27. The highest BCUT2D eigenvalue weighted by atomic mass is 35.5. The lowest BCUT2D eigenvalue weighted by Gasteiger charge is -2.35. The molecule has 6 heteroatoms. The topological polar surface area (TPSA) is 52.7 Å². The summed E-state index contributed by atoms with van der Waals surface area (Å²) in [6.07, 6.45) is 6.06. The molecule has 2 aliphatic carbocycles. The number of piperazine rings is 1. The lowest BCUT2D eigenvalue weighted by molar-refractivity contribution is -0.134. The molecule has 1 aliphatic heterocycles. The summed E-state index contributed by atoms with van der Waals surface area (Å²) in [6.45, 7) is 3.27. The van der Waals surface area contributed by atoms with Crippen LogP contribution in [0.4, 0.5) is 5.69 Å². The summed E-state index contributed by atoms with van der Waals surface area (Å²) in [7, 11) is 0. The lowest BCUT2D eigenvalue weighted by atomic mass is 9.86. The van der Waals surface area contributed by atoms with Crippen molar-refractivity contribution in [2.24, 2.45) is 17.8 Å². The summed E-state index contributed by atoms with van der Waals surface area (Å²) in [6, 6.07) is 7.25. The third-order valence-corrected chi connectivity index (χ3v) is 6.89. The highest BCUT2D eigenvalue weighted by molar-refractivity contribution is 6.33. The molecule has 1 aromatic carbocycles. The van der Waals surface area contributed by atoms with Crippen molar-refractivity contribution in [3.63, 3.8) is 0 Å². The van der Waals surface area contributed by atoms with E-state index in [0.717, 1.165) is 44.4 Å². The van der Waals surface area contributed by atoms with E-state index in [1.54, 1.807) is 12.1 Å². The molecule has 3 aliphatic rings. The van der Waals surface area contributed by atoms with Crippen molar-refractivity contribution in [3.05, 3.63) is 29.3 Å². The van der Waals surface area contributed by atoms with Crippen molar-refractivity contribution in [1.29, 1.82) is 0 Å². The number of anilines is 1. The van der Waals surface area contributed by atoms with Gasteiger partial charge in [-0.05, 0) is 49.1 Å². The number of para-hydroxylation sites is 1. The van der Waals surface area contributed by atoms with Gasteiger partial charge in [0, 0.05) is 32.6 Å². The number of carbonyl (C=O) groups excluding carboxylic acids is 2. The maximum Gasteiger partial charge on any atom is 0.238 e. The van der Waals surface area contributed by atoms with Crippen LogP contribution < -0.4 is 5.32 Å². The third-order valence-electron chi connectivity index (χ3n) is 6.56. The number of fused-ring (bicyclic) bond motifs is 2. The molecular formula is C21H28ClN3O2. The van der Waals surface area contributed by atoms with E-state index in [4.69, 9.17) is 11.6 Å². The number of amides is 2. The van der Waals surface area contributed by atoms with E-state index in [1.807, 2.05) is 17.0 Å². The van der Waals surface area contributed by atoms with Crippen LogP contribution in [0.3, 0.4) is 0 Å². The molecule has 0 spiro atoms. The second kappa shape index (κ2) is 8.19. The minimum Gasteiger partial charge on any atom is -0.340 e. The molecule has 27 heavy (non-hydrogen) atoms. The van der Waals surface area contributed by atoms with Crippen LogP contribution in [0.15, 0.2) is 24.3 Å². The number of nitrogens with one attached hydrogen (secondary N) is 1. The van der Waals surface area contributed by atoms with Crippen LogP contribution in [-0.4, -0.2) is 54.3 Å². The Morgan fingerprint density at radius 3 is 2.52 bits per heavy atom. The molecular weight excluding hydrogens is 362 g/mol. The minimum absolute atomic E-state index is 0.0649. The fraction of sp³-hybridized carbons (Fsp3) is 0.619. The van der Waals surface area contributed by atoms with Gasteiger partial charge in [0.15, 0.2) is 0 Å². The number of benzene rings is 1. The van der Waals surface area contributed by atoms with Crippen LogP contribution in [0.5, 0.6) is 0 Å². The Labute approximate surface area is 166 Å². The van der Waals surface area contributed by atoms with Crippen LogP contribution in [-0.2, 0) is 9.59 Å². The van der Waals surface area contributed by atoms with Crippen LogP contribution in [0.25, 0.3) is 0 Å². The number of hydrogen-bond donors (Lipinski definition) is 1. The molecule has 2 saturated carbocycles. The summed E-state index contributed by atoms with van der Waals surface area (Å²) in [5.41, 5.74) is 0.642. The molecule has 1 saturated heterocycles. The zero-order valence-electron chi connectivity index (χ0n) is 15.7.